The van der Waals surface area contributed by atoms with Gasteiger partial charge < -0.3 is 10.2 Å². The fraction of sp³-hybridized carbons (Fsp3) is 0.391. The summed E-state index contributed by atoms with van der Waals surface area (Å²) in [4.78, 5) is 20.0. The predicted molar refractivity (Wildman–Crippen MR) is 121 cm³/mol. The molecule has 0 aliphatic carbocycles. The summed E-state index contributed by atoms with van der Waals surface area (Å²) in [6, 6.07) is 11.1. The largest absolute Gasteiger partial charge is 0.445 e. The lowest BCUT2D eigenvalue weighted by Crippen LogP contribution is -2.51. The maximum Gasteiger partial charge on any atom is 0.445 e. The first-order valence-corrected chi connectivity index (χ1v) is 11.5. The standard InChI is InChI=1S/C23H24F3N5OS/c1-14-8-9-16(18-7-3-4-10-27-18)17(12-14)20(32)31-11-5-6-15(2)19(31)13-28-22-30-29-21(33-22)23(24,25)26/h3-4,7-10,12,15,19H,5-6,11,13H2,1-2H3,(H,28,30). The van der Waals surface area contributed by atoms with E-state index in [2.05, 4.69) is 27.4 Å². The number of amides is 1. The monoisotopic (exact) mass is 475 g/mol. The number of alkyl halides is 3. The second-order valence-electron chi connectivity index (χ2n) is 8.24. The normalized spacial score (nSPS) is 18.9. The van der Waals surface area contributed by atoms with Crippen LogP contribution in [0, 0.1) is 12.8 Å². The number of hydrogen-bond donors (Lipinski definition) is 1. The molecule has 1 aromatic carbocycles. The number of nitrogens with zero attached hydrogens (tertiary/aromatic N) is 4. The molecule has 10 heteroatoms. The van der Waals surface area contributed by atoms with Crippen molar-refractivity contribution in [2.24, 2.45) is 5.92 Å². The van der Waals surface area contributed by atoms with Gasteiger partial charge >= 0.3 is 6.18 Å². The van der Waals surface area contributed by atoms with E-state index in [0.29, 0.717) is 35.7 Å². The van der Waals surface area contributed by atoms with Crippen LogP contribution in [0.2, 0.25) is 0 Å². The summed E-state index contributed by atoms with van der Waals surface area (Å²) in [5.41, 5.74) is 3.01. The third-order valence-corrected chi connectivity index (χ3v) is 6.78. The maximum atomic E-state index is 13.7. The van der Waals surface area contributed by atoms with Crippen LogP contribution in [0.25, 0.3) is 11.3 Å². The summed E-state index contributed by atoms with van der Waals surface area (Å²) >= 11 is 0.467. The minimum Gasteiger partial charge on any atom is -0.358 e. The molecule has 0 saturated carbocycles. The molecular weight excluding hydrogens is 451 g/mol. The highest BCUT2D eigenvalue weighted by atomic mass is 32.1. The average molecular weight is 476 g/mol. The van der Waals surface area contributed by atoms with Crippen LogP contribution in [-0.4, -0.2) is 45.1 Å². The zero-order valence-electron chi connectivity index (χ0n) is 18.3. The second kappa shape index (κ2) is 9.46. The van der Waals surface area contributed by atoms with Gasteiger partial charge in [0.15, 0.2) is 0 Å². The van der Waals surface area contributed by atoms with Crippen LogP contribution in [0.3, 0.4) is 0 Å². The van der Waals surface area contributed by atoms with Gasteiger partial charge in [-0.3, -0.25) is 9.78 Å². The van der Waals surface area contributed by atoms with Crippen molar-refractivity contribution in [1.29, 1.82) is 0 Å². The Morgan fingerprint density at radius 1 is 1.24 bits per heavy atom. The molecule has 1 N–H and O–H groups in total. The number of nitrogens with one attached hydrogen (secondary N) is 1. The van der Waals surface area contributed by atoms with Crippen molar-refractivity contribution in [3.63, 3.8) is 0 Å². The molecule has 1 fully saturated rings. The zero-order valence-corrected chi connectivity index (χ0v) is 19.1. The lowest BCUT2D eigenvalue weighted by atomic mass is 9.89. The Labute approximate surface area is 193 Å². The smallest absolute Gasteiger partial charge is 0.358 e. The zero-order chi connectivity index (χ0) is 23.6. The van der Waals surface area contributed by atoms with E-state index in [1.807, 2.05) is 48.2 Å². The van der Waals surface area contributed by atoms with Gasteiger partial charge in [0.25, 0.3) is 5.91 Å². The summed E-state index contributed by atoms with van der Waals surface area (Å²) in [5.74, 6) is 0.0688. The van der Waals surface area contributed by atoms with Crippen LogP contribution in [-0.2, 0) is 6.18 Å². The highest BCUT2D eigenvalue weighted by molar-refractivity contribution is 7.15. The number of piperidine rings is 1. The van der Waals surface area contributed by atoms with E-state index in [9.17, 15) is 18.0 Å². The van der Waals surface area contributed by atoms with Crippen molar-refractivity contribution in [3.05, 3.63) is 58.7 Å². The fourth-order valence-corrected chi connectivity index (χ4v) is 4.77. The van der Waals surface area contributed by atoms with Gasteiger partial charge in [-0.25, -0.2) is 0 Å². The lowest BCUT2D eigenvalue weighted by molar-refractivity contribution is -0.138. The third kappa shape index (κ3) is 5.16. The second-order valence-corrected chi connectivity index (χ2v) is 9.22. The van der Waals surface area contributed by atoms with Crippen molar-refractivity contribution in [3.8, 4) is 11.3 Å². The van der Waals surface area contributed by atoms with Crippen LogP contribution in [0.5, 0.6) is 0 Å². The number of halogens is 3. The van der Waals surface area contributed by atoms with Crippen LogP contribution in [0.1, 0.15) is 40.7 Å². The molecule has 0 spiro atoms. The molecule has 33 heavy (non-hydrogen) atoms. The Morgan fingerprint density at radius 2 is 2.06 bits per heavy atom. The third-order valence-electron chi connectivity index (χ3n) is 5.85. The van der Waals surface area contributed by atoms with Gasteiger partial charge in [-0.2, -0.15) is 13.2 Å². The average Bonchev–Trinajstić information content (AvgIpc) is 3.28. The van der Waals surface area contributed by atoms with Gasteiger partial charge in [-0.05, 0) is 43.9 Å². The summed E-state index contributed by atoms with van der Waals surface area (Å²) in [6.07, 6.45) is -1.03. The Morgan fingerprint density at radius 3 is 2.76 bits per heavy atom. The van der Waals surface area contributed by atoms with Crippen molar-refractivity contribution >= 4 is 22.4 Å². The number of anilines is 1. The Bertz CT molecular complexity index is 1120. The number of carbonyl (C=O) groups is 1. The minimum absolute atomic E-state index is 0.0947. The molecule has 0 radical (unpaired) electrons. The van der Waals surface area contributed by atoms with E-state index in [1.54, 1.807) is 6.20 Å². The summed E-state index contributed by atoms with van der Waals surface area (Å²) in [5, 5.41) is 8.90. The summed E-state index contributed by atoms with van der Waals surface area (Å²) in [7, 11) is 0. The molecule has 0 bridgehead atoms. The highest BCUT2D eigenvalue weighted by Crippen LogP contribution is 2.34. The van der Waals surface area contributed by atoms with Crippen LogP contribution in [0.4, 0.5) is 18.3 Å². The first-order valence-electron chi connectivity index (χ1n) is 10.7. The number of aryl methyl sites for hydroxylation is 1. The molecule has 3 aromatic rings. The highest BCUT2D eigenvalue weighted by Gasteiger charge is 2.36. The molecule has 1 amide bonds. The molecule has 4 rings (SSSR count). The number of likely N-dealkylation sites (tertiary alicyclic amines) is 1. The van der Waals surface area contributed by atoms with E-state index in [-0.39, 0.29) is 23.0 Å². The Balaban J connectivity index is 1.58. The van der Waals surface area contributed by atoms with Crippen LogP contribution in [0.15, 0.2) is 42.6 Å². The van der Waals surface area contributed by atoms with Gasteiger partial charge in [0.1, 0.15) is 0 Å². The Kier molecular flexibility index (Phi) is 6.64. The summed E-state index contributed by atoms with van der Waals surface area (Å²) < 4.78 is 38.5. The van der Waals surface area contributed by atoms with Crippen LogP contribution < -0.4 is 5.32 Å². The van der Waals surface area contributed by atoms with Gasteiger partial charge in [0, 0.05) is 30.4 Å². The van der Waals surface area contributed by atoms with Crippen molar-refractivity contribution in [2.45, 2.75) is 38.9 Å². The molecule has 2 atom stereocenters. The molecule has 1 saturated heterocycles. The number of pyridine rings is 1. The molecular formula is C23H24F3N5OS. The molecule has 2 unspecified atom stereocenters. The Hall–Kier alpha value is -3.01. The van der Waals surface area contributed by atoms with E-state index in [1.165, 1.54) is 0 Å². The number of benzene rings is 1. The molecule has 1 aliphatic heterocycles. The lowest BCUT2D eigenvalue weighted by Gasteiger charge is -2.40. The van der Waals surface area contributed by atoms with Crippen molar-refractivity contribution < 1.29 is 18.0 Å². The van der Waals surface area contributed by atoms with E-state index >= 15 is 0 Å². The van der Waals surface area contributed by atoms with Gasteiger partial charge in [-0.15, -0.1) is 10.2 Å². The van der Waals surface area contributed by atoms with Crippen LogP contribution >= 0.6 is 11.3 Å². The van der Waals surface area contributed by atoms with E-state index in [4.69, 9.17) is 0 Å². The predicted octanol–water partition coefficient (Wildman–Crippen LogP) is 5.28. The number of aromatic nitrogens is 3. The first kappa shape index (κ1) is 23.2. The van der Waals surface area contributed by atoms with Crippen molar-refractivity contribution in [1.82, 2.24) is 20.1 Å². The fourth-order valence-electron chi connectivity index (χ4n) is 4.15. The topological polar surface area (TPSA) is 71.0 Å². The summed E-state index contributed by atoms with van der Waals surface area (Å²) in [6.45, 7) is 4.87. The molecule has 3 heterocycles. The SMILES string of the molecule is Cc1ccc(-c2ccccn2)c(C(=O)N2CCCC(C)C2CNc2nnc(C(F)(F)F)s2)c1. The quantitative estimate of drug-likeness (QED) is 0.544. The number of carbonyl (C=O) groups excluding carboxylic acids is 1. The minimum atomic E-state index is -4.52. The molecule has 6 nitrogen and oxygen atoms in total. The van der Waals surface area contributed by atoms with Gasteiger partial charge in [0.2, 0.25) is 10.1 Å². The van der Waals surface area contributed by atoms with Gasteiger partial charge in [-0.1, -0.05) is 42.0 Å². The molecule has 1 aliphatic rings. The van der Waals surface area contributed by atoms with Crippen molar-refractivity contribution in [2.75, 3.05) is 18.4 Å². The van der Waals surface area contributed by atoms with E-state index in [0.717, 1.165) is 24.0 Å². The number of rotatable bonds is 5. The molecule has 174 valence electrons. The maximum absolute atomic E-state index is 13.7. The van der Waals surface area contributed by atoms with Gasteiger partial charge in [0.05, 0.1) is 11.7 Å². The first-order chi connectivity index (χ1) is 15.7. The number of hydrogen-bond acceptors (Lipinski definition) is 6. The van der Waals surface area contributed by atoms with E-state index < -0.39 is 11.2 Å². The molecule has 2 aromatic heterocycles.